The summed E-state index contributed by atoms with van der Waals surface area (Å²) in [6, 6.07) is 6.06. The maximum absolute atomic E-state index is 12.2. The molecule has 8 heteroatoms. The number of hydrogen-bond donors (Lipinski definition) is 1. The Balaban J connectivity index is 1.86. The van der Waals surface area contributed by atoms with E-state index in [2.05, 4.69) is 10.3 Å². The lowest BCUT2D eigenvalue weighted by Crippen LogP contribution is -2.26. The fourth-order valence-corrected chi connectivity index (χ4v) is 3.10. The number of carbonyl (C=O) groups excluding carboxylic acids is 1. The summed E-state index contributed by atoms with van der Waals surface area (Å²) in [5.74, 6) is -0.270. The molecule has 1 amide bonds. The van der Waals surface area contributed by atoms with Crippen LogP contribution in [0, 0.1) is 0 Å². The van der Waals surface area contributed by atoms with Crippen LogP contribution in [0.15, 0.2) is 47.9 Å². The van der Waals surface area contributed by atoms with Gasteiger partial charge in [0.25, 0.3) is 5.91 Å². The van der Waals surface area contributed by atoms with Crippen LogP contribution in [0.5, 0.6) is 0 Å². The Labute approximate surface area is 142 Å². The highest BCUT2D eigenvalue weighted by molar-refractivity contribution is 7.89. The van der Waals surface area contributed by atoms with E-state index in [1.54, 1.807) is 24.7 Å². The number of aryl methyl sites for hydroxylation is 1. The molecule has 1 heterocycles. The summed E-state index contributed by atoms with van der Waals surface area (Å²) in [5.41, 5.74) is 0.340. The van der Waals surface area contributed by atoms with Crippen molar-refractivity contribution < 1.29 is 13.2 Å². The van der Waals surface area contributed by atoms with Gasteiger partial charge in [-0.1, -0.05) is 6.07 Å². The number of hydrogen-bond acceptors (Lipinski definition) is 4. The Morgan fingerprint density at radius 2 is 2.08 bits per heavy atom. The fourth-order valence-electron chi connectivity index (χ4n) is 2.15. The Hall–Kier alpha value is -2.19. The van der Waals surface area contributed by atoms with E-state index >= 15 is 0 Å². The zero-order valence-electron chi connectivity index (χ0n) is 13.8. The highest BCUT2D eigenvalue weighted by atomic mass is 32.2. The van der Waals surface area contributed by atoms with Crippen LogP contribution in [-0.4, -0.2) is 48.8 Å². The van der Waals surface area contributed by atoms with Crippen LogP contribution in [0.25, 0.3) is 0 Å². The molecule has 0 aliphatic carbocycles. The van der Waals surface area contributed by atoms with Crippen molar-refractivity contribution >= 4 is 15.9 Å². The van der Waals surface area contributed by atoms with Crippen molar-refractivity contribution in [2.75, 3.05) is 20.6 Å². The second-order valence-corrected chi connectivity index (χ2v) is 7.73. The first-order chi connectivity index (χ1) is 11.4. The zero-order valence-corrected chi connectivity index (χ0v) is 14.7. The number of benzene rings is 1. The van der Waals surface area contributed by atoms with Crippen LogP contribution in [0.3, 0.4) is 0 Å². The van der Waals surface area contributed by atoms with Crippen molar-refractivity contribution in [3.8, 4) is 0 Å². The number of rotatable bonds is 8. The van der Waals surface area contributed by atoms with Gasteiger partial charge in [0.2, 0.25) is 10.0 Å². The van der Waals surface area contributed by atoms with Crippen LogP contribution in [0.2, 0.25) is 0 Å². The summed E-state index contributed by atoms with van der Waals surface area (Å²) in [7, 11) is -0.621. The van der Waals surface area contributed by atoms with Crippen LogP contribution < -0.4 is 5.32 Å². The largest absolute Gasteiger partial charge is 0.352 e. The third-order valence-electron chi connectivity index (χ3n) is 3.56. The van der Waals surface area contributed by atoms with Gasteiger partial charge >= 0.3 is 0 Å². The molecule has 7 nitrogen and oxygen atoms in total. The third kappa shape index (κ3) is 4.65. The molecule has 1 N–H and O–H groups in total. The second kappa shape index (κ2) is 8.07. The van der Waals surface area contributed by atoms with Gasteiger partial charge in [-0.3, -0.25) is 4.79 Å². The molecule has 130 valence electrons. The second-order valence-electron chi connectivity index (χ2n) is 5.58. The predicted octanol–water partition coefficient (Wildman–Crippen LogP) is 1.34. The van der Waals surface area contributed by atoms with Crippen LogP contribution in [-0.2, 0) is 16.6 Å². The van der Waals surface area contributed by atoms with Gasteiger partial charge in [0.15, 0.2) is 0 Å². The Morgan fingerprint density at radius 3 is 2.75 bits per heavy atom. The first-order valence-electron chi connectivity index (χ1n) is 7.68. The Kier molecular flexibility index (Phi) is 6.10. The number of aromatic nitrogens is 2. The number of sulfonamides is 1. The van der Waals surface area contributed by atoms with Gasteiger partial charge < -0.3 is 9.88 Å². The predicted molar refractivity (Wildman–Crippen MR) is 91.1 cm³/mol. The van der Waals surface area contributed by atoms with Gasteiger partial charge in [0, 0.05) is 45.1 Å². The standard InChI is InChI=1S/C16H22N4O3S/c1-19(2)24(22,23)15-7-5-6-14(12-15)16(21)18-8-3-4-10-20-11-9-17-13-20/h5-7,9,11-13H,3-4,8,10H2,1-2H3,(H,18,21). The fraction of sp³-hybridized carbons (Fsp3) is 0.375. The van der Waals surface area contributed by atoms with Gasteiger partial charge in [-0.2, -0.15) is 0 Å². The molecule has 1 aromatic carbocycles. The van der Waals surface area contributed by atoms with Crippen molar-refractivity contribution in [1.82, 2.24) is 19.2 Å². The quantitative estimate of drug-likeness (QED) is 0.728. The maximum atomic E-state index is 12.2. The maximum Gasteiger partial charge on any atom is 0.251 e. The molecule has 0 radical (unpaired) electrons. The summed E-state index contributed by atoms with van der Waals surface area (Å²) in [6.07, 6.45) is 7.15. The van der Waals surface area contributed by atoms with Gasteiger partial charge in [0.1, 0.15) is 0 Å². The molecule has 24 heavy (non-hydrogen) atoms. The number of unbranched alkanes of at least 4 members (excludes halogenated alkanes) is 1. The van der Waals surface area contributed by atoms with Gasteiger partial charge in [0.05, 0.1) is 11.2 Å². The molecule has 0 aliphatic rings. The molecule has 0 fully saturated rings. The van der Waals surface area contributed by atoms with Crippen molar-refractivity contribution in [2.24, 2.45) is 0 Å². The van der Waals surface area contributed by atoms with Crippen LogP contribution in [0.1, 0.15) is 23.2 Å². The average molecular weight is 350 g/mol. The molecule has 0 saturated carbocycles. The SMILES string of the molecule is CN(C)S(=O)(=O)c1cccc(C(=O)NCCCCn2ccnc2)c1. The highest BCUT2D eigenvalue weighted by Gasteiger charge is 2.18. The topological polar surface area (TPSA) is 84.3 Å². The van der Waals surface area contributed by atoms with E-state index in [0.29, 0.717) is 12.1 Å². The minimum atomic E-state index is -3.54. The minimum Gasteiger partial charge on any atom is -0.352 e. The van der Waals surface area contributed by atoms with Crippen molar-refractivity contribution in [1.29, 1.82) is 0 Å². The Morgan fingerprint density at radius 1 is 1.29 bits per heavy atom. The van der Waals surface area contributed by atoms with Crippen molar-refractivity contribution in [2.45, 2.75) is 24.3 Å². The summed E-state index contributed by atoms with van der Waals surface area (Å²) >= 11 is 0. The van der Waals surface area contributed by atoms with E-state index < -0.39 is 10.0 Å². The molecular formula is C16H22N4O3S. The van der Waals surface area contributed by atoms with E-state index in [1.165, 1.54) is 26.2 Å². The van der Waals surface area contributed by atoms with E-state index in [4.69, 9.17) is 0 Å². The van der Waals surface area contributed by atoms with Crippen LogP contribution in [0.4, 0.5) is 0 Å². The number of imidazole rings is 1. The van der Waals surface area contributed by atoms with Gasteiger partial charge in [-0.05, 0) is 31.0 Å². The van der Waals surface area contributed by atoms with E-state index in [1.807, 2.05) is 10.8 Å². The first kappa shape index (κ1) is 18.2. The van der Waals surface area contributed by atoms with Gasteiger partial charge in [-0.25, -0.2) is 17.7 Å². The summed E-state index contributed by atoms with van der Waals surface area (Å²) in [5, 5.41) is 2.81. The summed E-state index contributed by atoms with van der Waals surface area (Å²) in [6.45, 7) is 1.39. The molecule has 0 spiro atoms. The summed E-state index contributed by atoms with van der Waals surface area (Å²) < 4.78 is 27.3. The third-order valence-corrected chi connectivity index (χ3v) is 5.37. The smallest absolute Gasteiger partial charge is 0.251 e. The normalized spacial score (nSPS) is 11.6. The van der Waals surface area contributed by atoms with Crippen molar-refractivity contribution in [3.05, 3.63) is 48.5 Å². The first-order valence-corrected chi connectivity index (χ1v) is 9.12. The average Bonchev–Trinajstić information content (AvgIpc) is 3.07. The molecule has 0 bridgehead atoms. The molecular weight excluding hydrogens is 328 g/mol. The number of carbonyl (C=O) groups is 1. The Bertz CT molecular complexity index is 770. The van der Waals surface area contributed by atoms with Crippen LogP contribution >= 0.6 is 0 Å². The molecule has 2 rings (SSSR count). The lowest BCUT2D eigenvalue weighted by Gasteiger charge is -2.12. The lowest BCUT2D eigenvalue weighted by molar-refractivity contribution is 0.0952. The van der Waals surface area contributed by atoms with E-state index in [9.17, 15) is 13.2 Å². The molecule has 1 aromatic heterocycles. The molecule has 0 aliphatic heterocycles. The monoisotopic (exact) mass is 350 g/mol. The summed E-state index contributed by atoms with van der Waals surface area (Å²) in [4.78, 5) is 16.2. The molecule has 0 saturated heterocycles. The zero-order chi connectivity index (χ0) is 17.6. The van der Waals surface area contributed by atoms with E-state index in [0.717, 1.165) is 23.7 Å². The number of nitrogens with one attached hydrogen (secondary N) is 1. The molecule has 0 unspecified atom stereocenters. The van der Waals surface area contributed by atoms with E-state index in [-0.39, 0.29) is 10.8 Å². The molecule has 2 aromatic rings. The van der Waals surface area contributed by atoms with Gasteiger partial charge in [-0.15, -0.1) is 0 Å². The number of nitrogens with zero attached hydrogens (tertiary/aromatic N) is 3. The lowest BCUT2D eigenvalue weighted by atomic mass is 10.2. The minimum absolute atomic E-state index is 0.111. The van der Waals surface area contributed by atoms with Crippen molar-refractivity contribution in [3.63, 3.8) is 0 Å². The number of amides is 1. The highest BCUT2D eigenvalue weighted by Crippen LogP contribution is 2.14. The molecule has 0 atom stereocenters.